The number of carbonyl (C=O) groups excluding carboxylic acids is 2. The second-order valence-electron chi connectivity index (χ2n) is 4.88. The van der Waals surface area contributed by atoms with Gasteiger partial charge in [0.25, 0.3) is 0 Å². The van der Waals surface area contributed by atoms with Crippen LogP contribution in [0.4, 0.5) is 5.69 Å². The number of nitrogens with one attached hydrogen (secondary N) is 3. The van der Waals surface area contributed by atoms with E-state index in [0.29, 0.717) is 18.8 Å². The SMILES string of the molecule is COCCNCC(=O)NCC(=O)Nc1cccc2cccnc12.Cl.Cl. The normalized spacial score (nSPS) is 9.64. The van der Waals surface area contributed by atoms with E-state index in [0.717, 1.165) is 10.9 Å². The summed E-state index contributed by atoms with van der Waals surface area (Å²) in [4.78, 5) is 27.8. The predicted molar refractivity (Wildman–Crippen MR) is 103 cm³/mol. The molecule has 0 aliphatic rings. The number of pyridine rings is 1. The summed E-state index contributed by atoms with van der Waals surface area (Å²) in [6.07, 6.45) is 1.67. The van der Waals surface area contributed by atoms with Crippen LogP contribution < -0.4 is 16.0 Å². The first-order valence-corrected chi connectivity index (χ1v) is 7.30. The maximum absolute atomic E-state index is 11.9. The van der Waals surface area contributed by atoms with Crippen LogP contribution in [0.25, 0.3) is 10.9 Å². The Morgan fingerprint density at radius 2 is 1.84 bits per heavy atom. The first-order valence-electron chi connectivity index (χ1n) is 7.30. The number of carbonyl (C=O) groups is 2. The Kier molecular flexibility index (Phi) is 11.5. The lowest BCUT2D eigenvalue weighted by atomic mass is 10.2. The molecule has 2 rings (SSSR count). The molecule has 0 saturated carbocycles. The summed E-state index contributed by atoms with van der Waals surface area (Å²) in [7, 11) is 1.59. The van der Waals surface area contributed by atoms with E-state index in [1.807, 2.05) is 24.3 Å². The van der Waals surface area contributed by atoms with Gasteiger partial charge in [-0.25, -0.2) is 0 Å². The third-order valence-corrected chi connectivity index (χ3v) is 3.12. The zero-order chi connectivity index (χ0) is 16.5. The van der Waals surface area contributed by atoms with E-state index >= 15 is 0 Å². The highest BCUT2D eigenvalue weighted by molar-refractivity contribution is 6.01. The monoisotopic (exact) mass is 388 g/mol. The molecule has 3 N–H and O–H groups in total. The number of rotatable bonds is 8. The van der Waals surface area contributed by atoms with E-state index in [2.05, 4.69) is 20.9 Å². The topological polar surface area (TPSA) is 92.4 Å². The number of methoxy groups -OCH3 is 1. The average molecular weight is 389 g/mol. The fourth-order valence-electron chi connectivity index (χ4n) is 2.02. The Labute approximate surface area is 158 Å². The number of anilines is 1. The van der Waals surface area contributed by atoms with E-state index in [1.54, 1.807) is 19.4 Å². The number of fused-ring (bicyclic) bond motifs is 1. The summed E-state index contributed by atoms with van der Waals surface area (Å²) in [5, 5.41) is 9.16. The van der Waals surface area contributed by atoms with Crippen molar-refractivity contribution in [1.29, 1.82) is 0 Å². The van der Waals surface area contributed by atoms with E-state index in [-0.39, 0.29) is 49.7 Å². The number of halogens is 2. The number of nitrogens with zero attached hydrogens (tertiary/aromatic N) is 1. The standard InChI is InChI=1S/C16H20N4O3.2ClH/c1-23-9-8-17-10-14(21)19-11-15(22)20-13-6-2-4-12-5-3-7-18-16(12)13;;/h2-7,17H,8-11H2,1H3,(H,19,21)(H,20,22);2*1H. The largest absolute Gasteiger partial charge is 0.383 e. The fraction of sp³-hybridized carbons (Fsp3) is 0.312. The average Bonchev–Trinajstić information content (AvgIpc) is 2.57. The summed E-state index contributed by atoms with van der Waals surface area (Å²) in [5.41, 5.74) is 1.34. The van der Waals surface area contributed by atoms with Crippen LogP contribution in [0.3, 0.4) is 0 Å². The second-order valence-corrected chi connectivity index (χ2v) is 4.88. The van der Waals surface area contributed by atoms with Gasteiger partial charge in [-0.15, -0.1) is 24.8 Å². The van der Waals surface area contributed by atoms with Gasteiger partial charge in [0.05, 0.1) is 30.9 Å². The molecule has 1 aromatic heterocycles. The van der Waals surface area contributed by atoms with Crippen LogP contribution in [0.2, 0.25) is 0 Å². The van der Waals surface area contributed by atoms with E-state index in [1.165, 1.54) is 0 Å². The van der Waals surface area contributed by atoms with Gasteiger partial charge in [0.1, 0.15) is 0 Å². The molecule has 1 aromatic carbocycles. The van der Waals surface area contributed by atoms with Crippen LogP contribution in [-0.2, 0) is 14.3 Å². The minimum absolute atomic E-state index is 0. The van der Waals surface area contributed by atoms with Gasteiger partial charge in [-0.3, -0.25) is 14.6 Å². The third kappa shape index (κ3) is 7.66. The lowest BCUT2D eigenvalue weighted by Gasteiger charge is -2.09. The van der Waals surface area contributed by atoms with Gasteiger partial charge in [-0.2, -0.15) is 0 Å². The van der Waals surface area contributed by atoms with Crippen molar-refractivity contribution in [3.8, 4) is 0 Å². The molecule has 0 unspecified atom stereocenters. The highest BCUT2D eigenvalue weighted by atomic mass is 35.5. The van der Waals surface area contributed by atoms with Gasteiger partial charge in [-0.1, -0.05) is 18.2 Å². The highest BCUT2D eigenvalue weighted by Gasteiger charge is 2.08. The smallest absolute Gasteiger partial charge is 0.243 e. The number of hydrogen-bond acceptors (Lipinski definition) is 5. The van der Waals surface area contributed by atoms with Gasteiger partial charge in [-0.05, 0) is 12.1 Å². The van der Waals surface area contributed by atoms with Gasteiger partial charge in [0, 0.05) is 25.2 Å². The molecule has 0 aliphatic carbocycles. The van der Waals surface area contributed by atoms with Gasteiger partial charge in [0.15, 0.2) is 0 Å². The van der Waals surface area contributed by atoms with Crippen LogP contribution in [0.15, 0.2) is 36.5 Å². The maximum atomic E-state index is 11.9. The predicted octanol–water partition coefficient (Wildman–Crippen LogP) is 1.37. The summed E-state index contributed by atoms with van der Waals surface area (Å²) in [5.74, 6) is -0.541. The fourth-order valence-corrected chi connectivity index (χ4v) is 2.02. The summed E-state index contributed by atoms with van der Waals surface area (Å²) < 4.78 is 4.86. The van der Waals surface area contributed by atoms with Crippen LogP contribution in [0.1, 0.15) is 0 Å². The molecule has 1 heterocycles. The third-order valence-electron chi connectivity index (χ3n) is 3.12. The molecular weight excluding hydrogens is 367 g/mol. The molecule has 2 amide bonds. The van der Waals surface area contributed by atoms with Crippen molar-refractivity contribution >= 4 is 53.2 Å². The lowest BCUT2D eigenvalue weighted by Crippen LogP contribution is -2.39. The van der Waals surface area contributed by atoms with Crippen LogP contribution in [-0.4, -0.2) is 50.1 Å². The first kappa shape index (κ1) is 23.1. The molecule has 7 nitrogen and oxygen atoms in total. The van der Waals surface area contributed by atoms with Crippen LogP contribution in [0.5, 0.6) is 0 Å². The van der Waals surface area contributed by atoms with E-state index < -0.39 is 0 Å². The number of aromatic nitrogens is 1. The van der Waals surface area contributed by atoms with Crippen LogP contribution >= 0.6 is 24.8 Å². The minimum atomic E-state index is -0.298. The number of benzene rings is 1. The van der Waals surface area contributed by atoms with Gasteiger partial charge >= 0.3 is 0 Å². The number of ether oxygens (including phenoxy) is 1. The van der Waals surface area contributed by atoms with Gasteiger partial charge in [0.2, 0.25) is 11.8 Å². The minimum Gasteiger partial charge on any atom is -0.383 e. The van der Waals surface area contributed by atoms with Crippen molar-refractivity contribution in [3.63, 3.8) is 0 Å². The Morgan fingerprint density at radius 3 is 2.60 bits per heavy atom. The van der Waals surface area contributed by atoms with Gasteiger partial charge < -0.3 is 20.7 Å². The van der Waals surface area contributed by atoms with Crippen molar-refractivity contribution in [1.82, 2.24) is 15.6 Å². The van der Waals surface area contributed by atoms with Crippen molar-refractivity contribution in [2.75, 3.05) is 38.7 Å². The Balaban J connectivity index is 0.00000288. The number of amides is 2. The molecule has 0 radical (unpaired) electrons. The van der Waals surface area contributed by atoms with Crippen molar-refractivity contribution in [3.05, 3.63) is 36.5 Å². The molecule has 25 heavy (non-hydrogen) atoms. The molecule has 0 spiro atoms. The summed E-state index contributed by atoms with van der Waals surface area (Å²) >= 11 is 0. The molecule has 0 saturated heterocycles. The Hall–Kier alpha value is -1.93. The number of para-hydroxylation sites is 1. The molecule has 0 fully saturated rings. The lowest BCUT2D eigenvalue weighted by molar-refractivity contribution is -0.123. The number of hydrogen-bond donors (Lipinski definition) is 3. The van der Waals surface area contributed by atoms with E-state index in [4.69, 9.17) is 4.74 Å². The molecule has 0 atom stereocenters. The Morgan fingerprint density at radius 1 is 1.08 bits per heavy atom. The summed E-state index contributed by atoms with van der Waals surface area (Å²) in [6, 6.07) is 9.31. The highest BCUT2D eigenvalue weighted by Crippen LogP contribution is 2.20. The van der Waals surface area contributed by atoms with Crippen molar-refractivity contribution in [2.24, 2.45) is 0 Å². The first-order chi connectivity index (χ1) is 11.2. The second kappa shape index (κ2) is 12.4. The Bertz CT molecular complexity index is 680. The maximum Gasteiger partial charge on any atom is 0.243 e. The zero-order valence-electron chi connectivity index (χ0n) is 13.8. The quantitative estimate of drug-likeness (QED) is 0.593. The molecular formula is C16H22Cl2N4O3. The molecule has 9 heteroatoms. The zero-order valence-corrected chi connectivity index (χ0v) is 15.4. The molecule has 138 valence electrons. The molecule has 0 bridgehead atoms. The van der Waals surface area contributed by atoms with E-state index in [9.17, 15) is 9.59 Å². The molecule has 2 aromatic rings. The van der Waals surface area contributed by atoms with Crippen molar-refractivity contribution in [2.45, 2.75) is 0 Å². The summed E-state index contributed by atoms with van der Waals surface area (Å²) in [6.45, 7) is 1.17. The molecule has 0 aliphatic heterocycles. The van der Waals surface area contributed by atoms with Crippen LogP contribution in [0, 0.1) is 0 Å². The van der Waals surface area contributed by atoms with Crippen molar-refractivity contribution < 1.29 is 14.3 Å².